The second-order valence-electron chi connectivity index (χ2n) is 3.06. The fourth-order valence-corrected chi connectivity index (χ4v) is 1.54. The lowest BCUT2D eigenvalue weighted by Gasteiger charge is -2.38. The highest BCUT2D eigenvalue weighted by atomic mass is 79.9. The van der Waals surface area contributed by atoms with E-state index in [0.29, 0.717) is 0 Å². The number of halogens is 12. The molecule has 0 spiro atoms. The molecule has 12 heteroatoms. The van der Waals surface area contributed by atoms with Crippen molar-refractivity contribution in [2.24, 2.45) is 0 Å². The summed E-state index contributed by atoms with van der Waals surface area (Å²) < 4.78 is 109. The van der Waals surface area contributed by atoms with Gasteiger partial charge in [-0.15, -0.1) is 0 Å². The number of alkyl halides is 12. The maximum Gasteiger partial charge on any atom is 0.460 e. The molecule has 0 atom stereocenters. The first-order valence-electron chi connectivity index (χ1n) is 3.70. The minimum Gasteiger partial charge on any atom is -0.197 e. The van der Waals surface area contributed by atoms with E-state index in [1.165, 1.54) is 0 Å². The van der Waals surface area contributed by atoms with Gasteiger partial charge in [0.05, 0.1) is 0 Å². The molecule has 0 saturated carbocycles. The maximum atomic E-state index is 13.2. The van der Waals surface area contributed by atoms with Gasteiger partial charge >= 0.3 is 23.9 Å². The predicted octanol–water partition coefficient (Wildman–Crippen LogP) is 5.34. The fraction of sp³-hybridized carbons (Fsp3) is 1.00. The first-order chi connectivity index (χ1) is 7.56. The summed E-state index contributed by atoms with van der Waals surface area (Å²) in [6.45, 7) is 0. The standard InChI is InChI=1S/C6H2Br3F9/c7-1-2(8,9)3(10,11)4(12,13)5(14,15)6(16,17)18/h1H2. The van der Waals surface area contributed by atoms with Crippen LogP contribution in [0.2, 0.25) is 0 Å². The van der Waals surface area contributed by atoms with E-state index in [4.69, 9.17) is 0 Å². The lowest BCUT2D eigenvalue weighted by Crippen LogP contribution is -2.65. The van der Waals surface area contributed by atoms with Gasteiger partial charge in [-0.05, 0) is 0 Å². The van der Waals surface area contributed by atoms with Gasteiger partial charge in [-0.2, -0.15) is 39.5 Å². The van der Waals surface area contributed by atoms with Gasteiger partial charge < -0.3 is 0 Å². The minimum absolute atomic E-state index is 1.06. The van der Waals surface area contributed by atoms with Crippen molar-refractivity contribution in [3.63, 3.8) is 0 Å². The average Bonchev–Trinajstić information content (AvgIpc) is 2.15. The van der Waals surface area contributed by atoms with Crippen LogP contribution in [0.1, 0.15) is 0 Å². The Morgan fingerprint density at radius 3 is 1.17 bits per heavy atom. The molecule has 0 nitrogen and oxygen atoms in total. The van der Waals surface area contributed by atoms with Gasteiger partial charge in [0, 0.05) is 5.33 Å². The van der Waals surface area contributed by atoms with Crippen LogP contribution in [0.15, 0.2) is 0 Å². The molecule has 0 radical (unpaired) electrons. The Bertz CT molecular complexity index is 308. The van der Waals surface area contributed by atoms with Crippen molar-refractivity contribution in [3.05, 3.63) is 0 Å². The van der Waals surface area contributed by atoms with Crippen LogP contribution in [0.25, 0.3) is 0 Å². The van der Waals surface area contributed by atoms with E-state index < -0.39 is 32.5 Å². The van der Waals surface area contributed by atoms with Crippen LogP contribution in [-0.2, 0) is 0 Å². The van der Waals surface area contributed by atoms with Gasteiger partial charge in [-0.1, -0.05) is 47.8 Å². The molecule has 0 amide bonds. The Balaban J connectivity index is 5.80. The van der Waals surface area contributed by atoms with E-state index in [9.17, 15) is 39.5 Å². The molecule has 0 fully saturated rings. The molecule has 0 aromatic heterocycles. The van der Waals surface area contributed by atoms with E-state index in [2.05, 4.69) is 15.9 Å². The first kappa shape index (κ1) is 18.8. The zero-order chi connectivity index (χ0) is 15.2. The molecule has 0 N–H and O–H groups in total. The van der Waals surface area contributed by atoms with Crippen LogP contribution in [0.3, 0.4) is 0 Å². The SMILES string of the molecule is FC(F)(F)C(F)(F)C(F)(F)C(F)(F)C(Br)(Br)CBr. The largest absolute Gasteiger partial charge is 0.460 e. The summed E-state index contributed by atoms with van der Waals surface area (Å²) >= 11 is 6.16. The Morgan fingerprint density at radius 1 is 0.611 bits per heavy atom. The topological polar surface area (TPSA) is 0 Å². The van der Waals surface area contributed by atoms with E-state index in [1.54, 1.807) is 0 Å². The Hall–Kier alpha value is 0.810. The number of hydrogen-bond acceptors (Lipinski definition) is 0. The smallest absolute Gasteiger partial charge is 0.197 e. The predicted molar refractivity (Wildman–Crippen MR) is 55.3 cm³/mol. The van der Waals surface area contributed by atoms with Gasteiger partial charge in [0.15, 0.2) is 3.23 Å². The van der Waals surface area contributed by atoms with E-state index in [0.717, 1.165) is 0 Å². The van der Waals surface area contributed by atoms with Gasteiger partial charge in [0.25, 0.3) is 0 Å². The highest BCUT2D eigenvalue weighted by Crippen LogP contribution is 2.59. The molecule has 0 saturated heterocycles. The third kappa shape index (κ3) is 2.65. The third-order valence-corrected chi connectivity index (χ3v) is 5.67. The second-order valence-corrected chi connectivity index (χ2v) is 7.39. The van der Waals surface area contributed by atoms with Crippen molar-refractivity contribution >= 4 is 47.8 Å². The molecule has 0 unspecified atom stereocenters. The highest BCUT2D eigenvalue weighted by molar-refractivity contribution is 9.26. The molecule has 0 aromatic carbocycles. The number of hydrogen-bond donors (Lipinski definition) is 0. The zero-order valence-corrected chi connectivity index (χ0v) is 12.5. The molecule has 0 rings (SSSR count). The summed E-state index contributed by atoms with van der Waals surface area (Å²) in [4.78, 5) is 0. The lowest BCUT2D eigenvalue weighted by molar-refractivity contribution is -0.395. The molecule has 0 aliphatic carbocycles. The van der Waals surface area contributed by atoms with Crippen molar-refractivity contribution in [1.29, 1.82) is 0 Å². The van der Waals surface area contributed by atoms with Gasteiger partial charge in [-0.25, -0.2) is 0 Å². The van der Waals surface area contributed by atoms with Crippen LogP contribution in [0.4, 0.5) is 39.5 Å². The quantitative estimate of drug-likeness (QED) is 0.373. The third-order valence-electron chi connectivity index (χ3n) is 1.77. The van der Waals surface area contributed by atoms with Gasteiger partial charge in [-0.3, -0.25) is 0 Å². The van der Waals surface area contributed by atoms with E-state index in [1.807, 2.05) is 31.9 Å². The average molecular weight is 485 g/mol. The highest BCUT2D eigenvalue weighted by Gasteiger charge is 2.85. The number of rotatable bonds is 4. The maximum absolute atomic E-state index is 13.2. The van der Waals surface area contributed by atoms with Gasteiger partial charge in [0.2, 0.25) is 0 Å². The second kappa shape index (κ2) is 4.97. The van der Waals surface area contributed by atoms with Gasteiger partial charge in [0.1, 0.15) is 0 Å². The summed E-state index contributed by atoms with van der Waals surface area (Å²) in [5.74, 6) is -19.3. The van der Waals surface area contributed by atoms with Crippen LogP contribution in [-0.4, -0.2) is 32.5 Å². The monoisotopic (exact) mass is 482 g/mol. The molecule has 18 heavy (non-hydrogen) atoms. The normalized spacial score (nSPS) is 16.0. The Kier molecular flexibility index (Phi) is 5.20. The summed E-state index contributed by atoms with van der Waals surface area (Å²) in [5.41, 5.74) is 0. The van der Waals surface area contributed by atoms with Crippen LogP contribution in [0, 0.1) is 0 Å². The molecule has 0 aliphatic rings. The Morgan fingerprint density at radius 2 is 0.944 bits per heavy atom. The van der Waals surface area contributed by atoms with E-state index >= 15 is 0 Å². The fourth-order valence-electron chi connectivity index (χ4n) is 0.689. The molecule has 0 bridgehead atoms. The molecule has 0 aliphatic heterocycles. The summed E-state index contributed by atoms with van der Waals surface area (Å²) in [6.07, 6.45) is -6.82. The first-order valence-corrected chi connectivity index (χ1v) is 6.41. The summed E-state index contributed by atoms with van der Waals surface area (Å²) in [6, 6.07) is 0. The summed E-state index contributed by atoms with van der Waals surface area (Å²) in [7, 11) is 0. The molecule has 0 aromatic rings. The van der Waals surface area contributed by atoms with Crippen LogP contribution in [0.5, 0.6) is 0 Å². The Labute approximate surface area is 120 Å². The van der Waals surface area contributed by atoms with Crippen molar-refractivity contribution in [1.82, 2.24) is 0 Å². The van der Waals surface area contributed by atoms with Crippen molar-refractivity contribution < 1.29 is 39.5 Å². The summed E-state index contributed by atoms with van der Waals surface area (Å²) in [5, 5.41) is -1.06. The molecular weight excluding hydrogens is 483 g/mol. The van der Waals surface area contributed by atoms with E-state index in [-0.39, 0.29) is 0 Å². The molecular formula is C6H2Br3F9. The van der Waals surface area contributed by atoms with Crippen LogP contribution < -0.4 is 0 Å². The van der Waals surface area contributed by atoms with Crippen molar-refractivity contribution in [2.45, 2.75) is 27.2 Å². The minimum atomic E-state index is -6.89. The molecule has 0 heterocycles. The molecule has 110 valence electrons. The van der Waals surface area contributed by atoms with Crippen LogP contribution >= 0.6 is 47.8 Å². The van der Waals surface area contributed by atoms with Crippen molar-refractivity contribution in [3.8, 4) is 0 Å². The lowest BCUT2D eigenvalue weighted by atomic mass is 10.0. The zero-order valence-electron chi connectivity index (χ0n) is 7.74. The van der Waals surface area contributed by atoms with Crippen molar-refractivity contribution in [2.75, 3.05) is 5.33 Å².